The standard InChI is InChI=1S/C24H23FN4O/c25-20-10-16(14-26)9-18(12-20)19-11-17-3-6-27-15-23(17)24(13-19)28-21-4-7-29(8-5-21)30-22-1-2-22/h3,6,9-13,15,21-22,28H,1-2,4-5,7-8H2. The zero-order valence-electron chi connectivity index (χ0n) is 16.6. The molecule has 1 aliphatic carbocycles. The summed E-state index contributed by atoms with van der Waals surface area (Å²) < 4.78 is 14.0. The molecule has 3 aromatic rings. The maximum Gasteiger partial charge on any atom is 0.125 e. The lowest BCUT2D eigenvalue weighted by Gasteiger charge is -2.32. The third kappa shape index (κ3) is 4.13. The van der Waals surface area contributed by atoms with Crippen molar-refractivity contribution in [2.75, 3.05) is 18.4 Å². The van der Waals surface area contributed by atoms with Gasteiger partial charge in [0.05, 0.1) is 17.7 Å². The van der Waals surface area contributed by atoms with E-state index in [1.807, 2.05) is 30.5 Å². The highest BCUT2D eigenvalue weighted by atomic mass is 19.1. The van der Waals surface area contributed by atoms with Crippen LogP contribution in [0.15, 0.2) is 48.8 Å². The van der Waals surface area contributed by atoms with Crippen LogP contribution in [0.4, 0.5) is 10.1 Å². The number of nitriles is 1. The van der Waals surface area contributed by atoms with Gasteiger partial charge in [-0.1, -0.05) is 0 Å². The molecule has 152 valence electrons. The van der Waals surface area contributed by atoms with Crippen LogP contribution in [-0.2, 0) is 4.84 Å². The number of benzene rings is 2. The van der Waals surface area contributed by atoms with Gasteiger partial charge in [-0.25, -0.2) is 4.39 Å². The maximum absolute atomic E-state index is 14.0. The number of nitrogens with zero attached hydrogens (tertiary/aromatic N) is 3. The molecule has 2 fully saturated rings. The molecule has 0 radical (unpaired) electrons. The first-order valence-corrected chi connectivity index (χ1v) is 10.4. The largest absolute Gasteiger partial charge is 0.382 e. The first-order chi connectivity index (χ1) is 14.7. The zero-order valence-corrected chi connectivity index (χ0v) is 16.6. The Bertz CT molecular complexity index is 1110. The van der Waals surface area contributed by atoms with Crippen molar-refractivity contribution in [2.45, 2.75) is 37.8 Å². The van der Waals surface area contributed by atoms with Crippen LogP contribution in [0.1, 0.15) is 31.2 Å². The molecule has 0 spiro atoms. The molecule has 5 rings (SSSR count). The second-order valence-corrected chi connectivity index (χ2v) is 8.11. The minimum absolute atomic E-state index is 0.317. The predicted octanol–water partition coefficient (Wildman–Crippen LogP) is 4.88. The van der Waals surface area contributed by atoms with Crippen molar-refractivity contribution >= 4 is 16.5 Å². The van der Waals surface area contributed by atoms with Gasteiger partial charge in [0.25, 0.3) is 0 Å². The third-order valence-electron chi connectivity index (χ3n) is 5.75. The molecule has 0 unspecified atom stereocenters. The van der Waals surface area contributed by atoms with E-state index in [0.29, 0.717) is 23.3 Å². The van der Waals surface area contributed by atoms with Gasteiger partial charge in [-0.15, -0.1) is 0 Å². The molecular formula is C24H23FN4O. The predicted molar refractivity (Wildman–Crippen MR) is 114 cm³/mol. The summed E-state index contributed by atoms with van der Waals surface area (Å²) in [6, 6.07) is 12.8. The van der Waals surface area contributed by atoms with Crippen LogP contribution in [0.25, 0.3) is 21.9 Å². The van der Waals surface area contributed by atoms with Crippen LogP contribution < -0.4 is 5.32 Å². The summed E-state index contributed by atoms with van der Waals surface area (Å²) in [6.45, 7) is 1.83. The molecule has 2 aromatic carbocycles. The van der Waals surface area contributed by atoms with E-state index in [9.17, 15) is 9.65 Å². The molecule has 1 aliphatic heterocycles. The van der Waals surface area contributed by atoms with Crippen LogP contribution in [0.2, 0.25) is 0 Å². The number of halogens is 1. The number of hydrogen-bond donors (Lipinski definition) is 1. The third-order valence-corrected chi connectivity index (χ3v) is 5.75. The van der Waals surface area contributed by atoms with Crippen molar-refractivity contribution in [3.05, 3.63) is 60.2 Å². The van der Waals surface area contributed by atoms with Crippen molar-refractivity contribution in [1.29, 1.82) is 5.26 Å². The molecule has 30 heavy (non-hydrogen) atoms. The summed E-state index contributed by atoms with van der Waals surface area (Å²) in [5, 5.41) is 17.1. The molecule has 1 aromatic heterocycles. The number of hydroxylamine groups is 2. The quantitative estimate of drug-likeness (QED) is 0.659. The summed E-state index contributed by atoms with van der Waals surface area (Å²) in [7, 11) is 0. The van der Waals surface area contributed by atoms with Gasteiger partial charge in [0, 0.05) is 42.6 Å². The first-order valence-electron chi connectivity index (χ1n) is 10.4. The molecule has 0 amide bonds. The molecule has 0 bridgehead atoms. The van der Waals surface area contributed by atoms with E-state index >= 15 is 0 Å². The molecule has 2 heterocycles. The van der Waals surface area contributed by atoms with Gasteiger partial charge in [0.15, 0.2) is 0 Å². The highest BCUT2D eigenvalue weighted by Crippen LogP contribution is 2.33. The van der Waals surface area contributed by atoms with E-state index in [2.05, 4.69) is 15.4 Å². The number of hydrogen-bond acceptors (Lipinski definition) is 5. The van der Waals surface area contributed by atoms with E-state index in [-0.39, 0.29) is 0 Å². The van der Waals surface area contributed by atoms with Crippen LogP contribution in [0, 0.1) is 17.1 Å². The zero-order chi connectivity index (χ0) is 20.5. The molecule has 1 saturated heterocycles. The molecule has 2 aliphatic rings. The van der Waals surface area contributed by atoms with Crippen LogP contribution in [0.5, 0.6) is 0 Å². The van der Waals surface area contributed by atoms with Gasteiger partial charge in [0.2, 0.25) is 0 Å². The van der Waals surface area contributed by atoms with Crippen LogP contribution >= 0.6 is 0 Å². The van der Waals surface area contributed by atoms with E-state index in [0.717, 1.165) is 48.0 Å². The Morgan fingerprint density at radius 3 is 2.63 bits per heavy atom. The molecule has 6 heteroatoms. The van der Waals surface area contributed by atoms with Gasteiger partial charge >= 0.3 is 0 Å². The normalized spacial score (nSPS) is 17.7. The van der Waals surface area contributed by atoms with E-state index < -0.39 is 5.82 Å². The summed E-state index contributed by atoms with van der Waals surface area (Å²) in [5.41, 5.74) is 2.87. The van der Waals surface area contributed by atoms with Gasteiger partial charge in [-0.05, 0) is 78.6 Å². The Balaban J connectivity index is 1.43. The average molecular weight is 402 g/mol. The Kier molecular flexibility index (Phi) is 5.07. The molecule has 1 N–H and O–H groups in total. The smallest absolute Gasteiger partial charge is 0.125 e. The Labute approximate surface area is 175 Å². The number of anilines is 1. The number of pyridine rings is 1. The highest BCUT2D eigenvalue weighted by molar-refractivity contribution is 5.97. The summed E-state index contributed by atoms with van der Waals surface area (Å²) >= 11 is 0. The molecule has 0 atom stereocenters. The van der Waals surface area contributed by atoms with Crippen molar-refractivity contribution < 1.29 is 9.23 Å². The van der Waals surface area contributed by atoms with Crippen molar-refractivity contribution in [1.82, 2.24) is 10.0 Å². The fourth-order valence-electron chi connectivity index (χ4n) is 4.02. The van der Waals surface area contributed by atoms with Crippen molar-refractivity contribution in [3.8, 4) is 17.2 Å². The van der Waals surface area contributed by atoms with Gasteiger partial charge in [-0.3, -0.25) is 9.82 Å². The number of nitrogens with one attached hydrogen (secondary N) is 1. The van der Waals surface area contributed by atoms with Crippen molar-refractivity contribution in [2.24, 2.45) is 0 Å². The summed E-state index contributed by atoms with van der Waals surface area (Å²) in [6.07, 6.45) is 8.41. The SMILES string of the molecule is N#Cc1cc(F)cc(-c2cc(NC3CCN(OC4CC4)CC3)c3cnccc3c2)c1. The van der Waals surface area contributed by atoms with Gasteiger partial charge < -0.3 is 5.32 Å². The van der Waals surface area contributed by atoms with E-state index in [1.54, 1.807) is 12.3 Å². The number of fused-ring (bicyclic) bond motifs is 1. The lowest BCUT2D eigenvalue weighted by atomic mass is 9.98. The number of aromatic nitrogens is 1. The van der Waals surface area contributed by atoms with Crippen molar-refractivity contribution in [3.63, 3.8) is 0 Å². The lowest BCUT2D eigenvalue weighted by molar-refractivity contribution is -0.178. The minimum Gasteiger partial charge on any atom is -0.382 e. The Morgan fingerprint density at radius 1 is 1.07 bits per heavy atom. The molecule has 1 saturated carbocycles. The summed E-state index contributed by atoms with van der Waals surface area (Å²) in [4.78, 5) is 10.2. The van der Waals surface area contributed by atoms with Gasteiger partial charge in [0.1, 0.15) is 5.82 Å². The van der Waals surface area contributed by atoms with Gasteiger partial charge in [-0.2, -0.15) is 10.3 Å². The number of piperidine rings is 1. The minimum atomic E-state index is -0.406. The van der Waals surface area contributed by atoms with Crippen LogP contribution in [0.3, 0.4) is 0 Å². The molecule has 5 nitrogen and oxygen atoms in total. The first kappa shape index (κ1) is 19.0. The fraction of sp³-hybridized carbons (Fsp3) is 0.333. The monoisotopic (exact) mass is 402 g/mol. The van der Waals surface area contributed by atoms with E-state index in [1.165, 1.54) is 25.0 Å². The summed E-state index contributed by atoms with van der Waals surface area (Å²) in [5.74, 6) is -0.406. The van der Waals surface area contributed by atoms with E-state index in [4.69, 9.17) is 4.84 Å². The fourth-order valence-corrected chi connectivity index (χ4v) is 4.02. The second-order valence-electron chi connectivity index (χ2n) is 8.11. The lowest BCUT2D eigenvalue weighted by Crippen LogP contribution is -2.39. The van der Waals surface area contributed by atoms with Crippen LogP contribution in [-0.4, -0.2) is 35.3 Å². The number of rotatable bonds is 5. The highest BCUT2D eigenvalue weighted by Gasteiger charge is 2.28. The topological polar surface area (TPSA) is 61.2 Å². The molecular weight excluding hydrogens is 379 g/mol. The second kappa shape index (κ2) is 8.02. The average Bonchev–Trinajstić information content (AvgIpc) is 3.58. The Hall–Kier alpha value is -3.01. The Morgan fingerprint density at radius 2 is 1.87 bits per heavy atom. The maximum atomic E-state index is 14.0.